The third kappa shape index (κ3) is 1.34. The Balaban J connectivity index is 2.56. The maximum absolute atomic E-state index is 12.2. The van der Waals surface area contributed by atoms with Crippen molar-refractivity contribution in [2.45, 2.75) is 37.6 Å². The van der Waals surface area contributed by atoms with Crippen molar-refractivity contribution in [1.29, 1.82) is 0 Å². The molecule has 0 spiro atoms. The van der Waals surface area contributed by atoms with Gasteiger partial charge in [-0.25, -0.2) is 0 Å². The van der Waals surface area contributed by atoms with Gasteiger partial charge in [-0.15, -0.1) is 0 Å². The van der Waals surface area contributed by atoms with Crippen LogP contribution in [-0.2, 0) is 4.79 Å². The minimum absolute atomic E-state index is 0.516. The molecule has 0 unspecified atom stereocenters. The Labute approximate surface area is 59.6 Å². The number of rotatable bonds is 1. The SMILES string of the molecule is NC1(C(=O)F)CCCCC1. The fourth-order valence-electron chi connectivity index (χ4n) is 1.38. The second kappa shape index (κ2) is 2.66. The van der Waals surface area contributed by atoms with Gasteiger partial charge in [-0.1, -0.05) is 19.3 Å². The van der Waals surface area contributed by atoms with E-state index in [4.69, 9.17) is 5.73 Å². The monoisotopic (exact) mass is 145 g/mol. The summed E-state index contributed by atoms with van der Waals surface area (Å²) < 4.78 is 12.2. The van der Waals surface area contributed by atoms with E-state index < -0.39 is 11.6 Å². The average molecular weight is 145 g/mol. The van der Waals surface area contributed by atoms with Crippen molar-refractivity contribution in [2.75, 3.05) is 0 Å². The fraction of sp³-hybridized carbons (Fsp3) is 0.857. The molecule has 0 amide bonds. The fourth-order valence-corrected chi connectivity index (χ4v) is 1.38. The Bertz CT molecular complexity index is 141. The van der Waals surface area contributed by atoms with E-state index in [1.165, 1.54) is 0 Å². The van der Waals surface area contributed by atoms with Gasteiger partial charge in [-0.3, -0.25) is 4.79 Å². The van der Waals surface area contributed by atoms with Gasteiger partial charge in [0.05, 0.1) is 0 Å². The highest BCUT2D eigenvalue weighted by Crippen LogP contribution is 2.26. The summed E-state index contributed by atoms with van der Waals surface area (Å²) in [7, 11) is 0. The molecule has 1 fully saturated rings. The maximum Gasteiger partial charge on any atom is 0.321 e. The van der Waals surface area contributed by atoms with E-state index in [9.17, 15) is 9.18 Å². The van der Waals surface area contributed by atoms with E-state index in [1.807, 2.05) is 0 Å². The van der Waals surface area contributed by atoms with E-state index in [-0.39, 0.29) is 0 Å². The van der Waals surface area contributed by atoms with Crippen molar-refractivity contribution in [2.24, 2.45) is 5.73 Å². The van der Waals surface area contributed by atoms with Gasteiger partial charge in [0.15, 0.2) is 0 Å². The predicted molar refractivity (Wildman–Crippen MR) is 36.1 cm³/mol. The smallest absolute Gasteiger partial charge is 0.317 e. The summed E-state index contributed by atoms with van der Waals surface area (Å²) in [4.78, 5) is 10.3. The van der Waals surface area contributed by atoms with Crippen LogP contribution < -0.4 is 5.73 Å². The van der Waals surface area contributed by atoms with Gasteiger partial charge in [0.25, 0.3) is 0 Å². The number of nitrogens with two attached hydrogens (primary N) is 1. The Morgan fingerprint density at radius 2 is 1.80 bits per heavy atom. The molecular formula is C7H12FNO. The van der Waals surface area contributed by atoms with Crippen LogP contribution in [0.4, 0.5) is 4.39 Å². The zero-order valence-electron chi connectivity index (χ0n) is 5.90. The Kier molecular flexibility index (Phi) is 2.04. The molecule has 0 saturated heterocycles. The number of carbonyl (C=O) groups excluding carboxylic acids is 1. The second-order valence-corrected chi connectivity index (χ2v) is 2.99. The molecule has 1 aliphatic carbocycles. The van der Waals surface area contributed by atoms with Gasteiger partial charge in [-0.2, -0.15) is 4.39 Å². The highest BCUT2D eigenvalue weighted by molar-refractivity contribution is 5.79. The number of carbonyl (C=O) groups is 1. The Morgan fingerprint density at radius 3 is 2.10 bits per heavy atom. The molecular weight excluding hydrogens is 133 g/mol. The van der Waals surface area contributed by atoms with Crippen molar-refractivity contribution < 1.29 is 9.18 Å². The maximum atomic E-state index is 12.2. The normalized spacial score (nSPS) is 24.2. The largest absolute Gasteiger partial charge is 0.321 e. The van der Waals surface area contributed by atoms with Crippen LogP contribution in [0, 0.1) is 0 Å². The first-order valence-corrected chi connectivity index (χ1v) is 3.64. The molecule has 2 nitrogen and oxygen atoms in total. The molecule has 0 aromatic heterocycles. The van der Waals surface area contributed by atoms with Crippen molar-refractivity contribution in [1.82, 2.24) is 0 Å². The van der Waals surface area contributed by atoms with Gasteiger partial charge in [0.2, 0.25) is 0 Å². The summed E-state index contributed by atoms with van der Waals surface area (Å²) in [5.74, 6) is 0. The molecule has 1 aliphatic rings. The summed E-state index contributed by atoms with van der Waals surface area (Å²) in [5, 5.41) is 0. The van der Waals surface area contributed by atoms with E-state index in [2.05, 4.69) is 0 Å². The summed E-state index contributed by atoms with van der Waals surface area (Å²) in [6.45, 7) is 0. The molecule has 2 N–H and O–H groups in total. The van der Waals surface area contributed by atoms with Crippen LogP contribution in [0.2, 0.25) is 0 Å². The molecule has 0 bridgehead atoms. The van der Waals surface area contributed by atoms with E-state index in [0.29, 0.717) is 12.8 Å². The number of halogens is 1. The molecule has 0 aromatic rings. The molecule has 0 atom stereocenters. The first-order valence-electron chi connectivity index (χ1n) is 3.64. The highest BCUT2D eigenvalue weighted by atomic mass is 19.1. The van der Waals surface area contributed by atoms with E-state index in [0.717, 1.165) is 19.3 Å². The molecule has 0 heterocycles. The average Bonchev–Trinajstić information content (AvgIpc) is 1.89. The Morgan fingerprint density at radius 1 is 1.30 bits per heavy atom. The first-order chi connectivity index (χ1) is 4.65. The third-order valence-electron chi connectivity index (χ3n) is 2.14. The van der Waals surface area contributed by atoms with Crippen molar-refractivity contribution in [3.05, 3.63) is 0 Å². The predicted octanol–water partition coefficient (Wildman–Crippen LogP) is 1.14. The summed E-state index contributed by atoms with van der Waals surface area (Å²) in [5.41, 5.74) is 4.35. The summed E-state index contributed by atoms with van der Waals surface area (Å²) in [6, 6.07) is -1.34. The lowest BCUT2D eigenvalue weighted by molar-refractivity contribution is -0.136. The molecule has 58 valence electrons. The zero-order chi connectivity index (χ0) is 7.61. The molecule has 0 aromatic carbocycles. The molecule has 0 radical (unpaired) electrons. The van der Waals surface area contributed by atoms with Gasteiger partial charge in [-0.05, 0) is 12.8 Å². The van der Waals surface area contributed by atoms with Crippen LogP contribution >= 0.6 is 0 Å². The van der Waals surface area contributed by atoms with Crippen LogP contribution in [0.15, 0.2) is 0 Å². The van der Waals surface area contributed by atoms with Gasteiger partial charge >= 0.3 is 6.04 Å². The van der Waals surface area contributed by atoms with Gasteiger partial charge in [0.1, 0.15) is 5.54 Å². The standard InChI is InChI=1S/C7H12FNO/c8-6(10)7(9)4-2-1-3-5-7/h1-5,9H2. The second-order valence-electron chi connectivity index (χ2n) is 2.99. The first kappa shape index (κ1) is 7.66. The van der Waals surface area contributed by atoms with Crippen LogP contribution in [0.3, 0.4) is 0 Å². The minimum Gasteiger partial charge on any atom is -0.317 e. The van der Waals surface area contributed by atoms with E-state index >= 15 is 0 Å². The third-order valence-corrected chi connectivity index (χ3v) is 2.14. The Hall–Kier alpha value is -0.440. The van der Waals surface area contributed by atoms with Gasteiger partial charge in [0, 0.05) is 0 Å². The minimum atomic E-state index is -1.34. The summed E-state index contributed by atoms with van der Waals surface area (Å²) >= 11 is 0. The molecule has 1 rings (SSSR count). The van der Waals surface area contributed by atoms with Crippen molar-refractivity contribution in [3.8, 4) is 0 Å². The van der Waals surface area contributed by atoms with Crippen LogP contribution in [0.1, 0.15) is 32.1 Å². The lowest BCUT2D eigenvalue weighted by atomic mass is 9.83. The lowest BCUT2D eigenvalue weighted by Gasteiger charge is -2.27. The number of hydrogen-bond acceptors (Lipinski definition) is 2. The van der Waals surface area contributed by atoms with Crippen LogP contribution in [-0.4, -0.2) is 11.6 Å². The van der Waals surface area contributed by atoms with Crippen LogP contribution in [0.5, 0.6) is 0 Å². The van der Waals surface area contributed by atoms with E-state index in [1.54, 1.807) is 0 Å². The molecule has 10 heavy (non-hydrogen) atoms. The topological polar surface area (TPSA) is 43.1 Å². The summed E-state index contributed by atoms with van der Waals surface area (Å²) in [6.07, 6.45) is 3.87. The number of hydrogen-bond donors (Lipinski definition) is 1. The van der Waals surface area contributed by atoms with Crippen LogP contribution in [0.25, 0.3) is 0 Å². The quantitative estimate of drug-likeness (QED) is 0.562. The lowest BCUT2D eigenvalue weighted by Crippen LogP contribution is -2.47. The molecule has 3 heteroatoms. The molecule has 1 saturated carbocycles. The van der Waals surface area contributed by atoms with Crippen molar-refractivity contribution in [3.63, 3.8) is 0 Å². The van der Waals surface area contributed by atoms with Gasteiger partial charge < -0.3 is 5.73 Å². The highest BCUT2D eigenvalue weighted by Gasteiger charge is 2.35. The molecule has 0 aliphatic heterocycles. The zero-order valence-corrected chi connectivity index (χ0v) is 5.90. The van der Waals surface area contributed by atoms with Crippen molar-refractivity contribution >= 4 is 6.04 Å².